The minimum absolute atomic E-state index is 0.0567. The number of hydrogen-bond acceptors (Lipinski definition) is 6. The van der Waals surface area contributed by atoms with Gasteiger partial charge in [0.1, 0.15) is 11.9 Å². The van der Waals surface area contributed by atoms with Crippen molar-refractivity contribution < 1.29 is 51.3 Å². The average Bonchev–Trinajstić information content (AvgIpc) is 3.27. The number of benzene rings is 2. The Morgan fingerprint density at radius 3 is 2.51 bits per heavy atom. The zero-order valence-electron chi connectivity index (χ0n) is 22.5. The number of amides is 1. The van der Waals surface area contributed by atoms with Crippen LogP contribution in [0.25, 0.3) is 11.8 Å². The van der Waals surface area contributed by atoms with E-state index in [4.69, 9.17) is 9.63 Å². The molecule has 1 amide bonds. The summed E-state index contributed by atoms with van der Waals surface area (Å²) in [5.41, 5.74) is 2.19. The molecule has 0 bridgehead atoms. The quantitative estimate of drug-likeness (QED) is 0.169. The van der Waals surface area contributed by atoms with Crippen molar-refractivity contribution in [1.82, 2.24) is 9.47 Å². The molecule has 1 aliphatic heterocycles. The van der Waals surface area contributed by atoms with Crippen LogP contribution in [0.3, 0.4) is 0 Å². The monoisotopic (exact) mass is 595 g/mol. The van der Waals surface area contributed by atoms with Gasteiger partial charge >= 0.3 is 0 Å². The minimum Gasteiger partial charge on any atom is -0.756 e. The van der Waals surface area contributed by atoms with Crippen LogP contribution >= 0.6 is 7.82 Å². The van der Waals surface area contributed by atoms with Crippen molar-refractivity contribution in [3.05, 3.63) is 82.7 Å². The molecular weight excluding hydrogens is 566 g/mol. The summed E-state index contributed by atoms with van der Waals surface area (Å²) in [7, 11) is -3.44. The van der Waals surface area contributed by atoms with E-state index in [0.29, 0.717) is 41.1 Å². The van der Waals surface area contributed by atoms with Crippen LogP contribution in [0.2, 0.25) is 0 Å². The number of rotatable bonds is 9. The van der Waals surface area contributed by atoms with Gasteiger partial charge in [-0.05, 0) is 61.2 Å². The molecule has 4 rings (SSSR count). The number of nitrogens with zero attached hydrogens (tertiary/aromatic N) is 3. The van der Waals surface area contributed by atoms with Crippen molar-refractivity contribution in [1.29, 1.82) is 0 Å². The van der Waals surface area contributed by atoms with Gasteiger partial charge in [0.15, 0.2) is 35.6 Å². The van der Waals surface area contributed by atoms with Crippen molar-refractivity contribution in [3.8, 4) is 11.4 Å². The van der Waals surface area contributed by atoms with Crippen LogP contribution < -0.4 is 14.2 Å². The van der Waals surface area contributed by atoms with E-state index in [2.05, 4.69) is 4.52 Å². The second-order valence-corrected chi connectivity index (χ2v) is 10.9. The Morgan fingerprint density at radius 1 is 1.22 bits per heavy atom. The second kappa shape index (κ2) is 12.2. The van der Waals surface area contributed by atoms with Crippen molar-refractivity contribution in [3.63, 3.8) is 0 Å². The number of methoxy groups -OCH3 is 1. The molecule has 1 saturated heterocycles. The SMILES string of the molecule is COc1cc(C=C2CCCN([C@H](c3cc(F)c(F)c(F)c3)[C@@H](C)O)C2=O)ccc1-[n+]1cc(C)n(COP(=O)([O-])O)c1. The predicted octanol–water partition coefficient (Wildman–Crippen LogP) is 3.06. The van der Waals surface area contributed by atoms with Gasteiger partial charge in [-0.15, -0.1) is 0 Å². The number of halogens is 3. The number of aromatic nitrogens is 2. The zero-order chi connectivity index (χ0) is 30.1. The van der Waals surface area contributed by atoms with E-state index in [1.165, 1.54) is 23.5 Å². The average molecular weight is 596 g/mol. The predicted molar refractivity (Wildman–Crippen MR) is 138 cm³/mol. The molecule has 3 aromatic rings. The molecule has 2 heterocycles. The Bertz CT molecular complexity index is 1510. The maximum atomic E-state index is 14.0. The highest BCUT2D eigenvalue weighted by Crippen LogP contribution is 2.33. The van der Waals surface area contributed by atoms with E-state index >= 15 is 0 Å². The number of imidazole rings is 1. The first-order chi connectivity index (χ1) is 19.3. The number of hydrogen-bond donors (Lipinski definition) is 2. The van der Waals surface area contributed by atoms with E-state index < -0.39 is 50.1 Å². The fourth-order valence-electron chi connectivity index (χ4n) is 4.85. The summed E-state index contributed by atoms with van der Waals surface area (Å²) in [6.07, 6.45) is 4.67. The molecule has 0 aliphatic carbocycles. The molecule has 1 unspecified atom stereocenters. The number of piperidine rings is 1. The number of likely N-dealkylation sites (tertiary alicyclic amines) is 1. The van der Waals surface area contributed by atoms with Crippen molar-refractivity contribution in [2.45, 2.75) is 45.6 Å². The van der Waals surface area contributed by atoms with Crippen molar-refractivity contribution >= 4 is 19.8 Å². The Hall–Kier alpha value is -3.48. The largest absolute Gasteiger partial charge is 0.756 e. The molecule has 10 nitrogen and oxygen atoms in total. The van der Waals surface area contributed by atoms with Crippen molar-refractivity contribution in [2.75, 3.05) is 13.7 Å². The van der Waals surface area contributed by atoms with Gasteiger partial charge < -0.3 is 24.5 Å². The van der Waals surface area contributed by atoms with E-state index in [0.717, 1.165) is 12.1 Å². The second-order valence-electron chi connectivity index (χ2n) is 9.68. The first-order valence-electron chi connectivity index (χ1n) is 12.6. The van der Waals surface area contributed by atoms with E-state index in [1.54, 1.807) is 48.3 Å². The van der Waals surface area contributed by atoms with Crippen LogP contribution in [0.5, 0.6) is 5.75 Å². The first kappa shape index (κ1) is 30.5. The third-order valence-electron chi connectivity index (χ3n) is 6.75. The Kier molecular flexibility index (Phi) is 9.05. The molecule has 0 spiro atoms. The summed E-state index contributed by atoms with van der Waals surface area (Å²) < 4.78 is 65.6. The highest BCUT2D eigenvalue weighted by Gasteiger charge is 2.34. The summed E-state index contributed by atoms with van der Waals surface area (Å²) >= 11 is 0. The molecule has 3 atom stereocenters. The molecule has 0 saturated carbocycles. The van der Waals surface area contributed by atoms with Gasteiger partial charge in [-0.2, -0.15) is 4.57 Å². The minimum atomic E-state index is -4.90. The van der Waals surface area contributed by atoms with E-state index in [9.17, 15) is 32.5 Å². The van der Waals surface area contributed by atoms with Gasteiger partial charge in [0.2, 0.25) is 5.91 Å². The van der Waals surface area contributed by atoms with Gasteiger partial charge in [0.05, 0.1) is 19.3 Å². The molecule has 0 radical (unpaired) electrons. The van der Waals surface area contributed by atoms with Gasteiger partial charge in [-0.3, -0.25) is 13.9 Å². The topological polar surface area (TPSA) is 128 Å². The Morgan fingerprint density at radius 2 is 1.90 bits per heavy atom. The van der Waals surface area contributed by atoms with Gasteiger partial charge in [0.25, 0.3) is 14.2 Å². The van der Waals surface area contributed by atoms with E-state index in [-0.39, 0.29) is 12.1 Å². The van der Waals surface area contributed by atoms with Crippen LogP contribution in [0.15, 0.2) is 48.4 Å². The lowest BCUT2D eigenvalue weighted by molar-refractivity contribution is -0.596. The number of carbonyl (C=O) groups excluding carboxylic acids is 1. The lowest BCUT2D eigenvalue weighted by Crippen LogP contribution is -2.43. The maximum Gasteiger partial charge on any atom is 0.268 e. The molecule has 1 fully saturated rings. The standard InChI is InChI=1S/C27H29F3N3O7P/c1-16-13-31(14-32(16)15-40-41(36,37)38)23-7-6-18(10-24(23)39-3)9-19-5-4-8-33(27(19)35)26(17(2)34)20-11-21(28)25(30)22(29)12-20/h6-7,9-14,17,26,34H,4-5,8,15H2,1-3H3,(H-,36,37,38)/t17-,26+/m1/s1. The number of phosphoric acid groups is 1. The zero-order valence-corrected chi connectivity index (χ0v) is 23.4. The van der Waals surface area contributed by atoms with Gasteiger partial charge in [-0.25, -0.2) is 17.7 Å². The van der Waals surface area contributed by atoms with Gasteiger partial charge in [-0.1, -0.05) is 6.07 Å². The lowest BCUT2D eigenvalue weighted by Gasteiger charge is -2.37. The van der Waals surface area contributed by atoms with E-state index in [1.807, 2.05) is 0 Å². The molecule has 2 N–H and O–H groups in total. The third-order valence-corrected chi connectivity index (χ3v) is 7.19. The van der Waals surface area contributed by atoms with Crippen LogP contribution in [-0.4, -0.2) is 45.1 Å². The Balaban J connectivity index is 1.62. The summed E-state index contributed by atoms with van der Waals surface area (Å²) in [4.78, 5) is 34.6. The van der Waals surface area contributed by atoms with Crippen LogP contribution in [0, 0.1) is 24.4 Å². The number of aryl methyl sites for hydroxylation is 1. The maximum absolute atomic E-state index is 14.0. The van der Waals surface area contributed by atoms with Crippen LogP contribution in [0.4, 0.5) is 13.2 Å². The smallest absolute Gasteiger partial charge is 0.268 e. The number of aliphatic hydroxyl groups excluding tert-OH is 1. The molecule has 2 aromatic carbocycles. The Labute approximate surface area is 234 Å². The molecule has 14 heteroatoms. The molecular formula is C27H29F3N3O7P. The number of carbonyl (C=O) groups is 1. The summed E-state index contributed by atoms with van der Waals surface area (Å²) in [5.74, 6) is -4.45. The first-order valence-corrected chi connectivity index (χ1v) is 14.1. The van der Waals surface area contributed by atoms with Crippen molar-refractivity contribution in [2.24, 2.45) is 0 Å². The molecule has 1 aromatic heterocycles. The number of phosphoric ester groups is 1. The number of aliphatic hydroxyl groups is 1. The molecule has 41 heavy (non-hydrogen) atoms. The van der Waals surface area contributed by atoms with Crippen LogP contribution in [0.1, 0.15) is 42.6 Å². The molecule has 220 valence electrons. The lowest BCUT2D eigenvalue weighted by atomic mass is 9.94. The van der Waals surface area contributed by atoms with Gasteiger partial charge in [0, 0.05) is 19.0 Å². The fraction of sp³-hybridized carbons (Fsp3) is 0.333. The summed E-state index contributed by atoms with van der Waals surface area (Å²) in [6, 6.07) is 5.64. The molecule has 1 aliphatic rings. The number of ether oxygens (including phenoxy) is 1. The van der Waals surface area contributed by atoms with Crippen LogP contribution in [-0.2, 0) is 20.6 Å². The summed E-state index contributed by atoms with van der Waals surface area (Å²) in [5, 5.41) is 10.4. The fourth-order valence-corrected chi connectivity index (χ4v) is 5.12. The third kappa shape index (κ3) is 6.88. The highest BCUT2D eigenvalue weighted by atomic mass is 31.2. The summed E-state index contributed by atoms with van der Waals surface area (Å²) in [6.45, 7) is 2.91. The highest BCUT2D eigenvalue weighted by molar-refractivity contribution is 7.44. The normalized spacial score (nSPS) is 17.9.